The lowest BCUT2D eigenvalue weighted by Crippen LogP contribution is -2.31. The summed E-state index contributed by atoms with van der Waals surface area (Å²) in [6, 6.07) is 4.74. The first-order valence-electron chi connectivity index (χ1n) is 4.61. The Morgan fingerprint density at radius 1 is 1.56 bits per heavy atom. The average Bonchev–Trinajstić information content (AvgIpc) is 2.20. The molecule has 0 bridgehead atoms. The van der Waals surface area contributed by atoms with Gasteiger partial charge in [-0.1, -0.05) is 15.9 Å². The Labute approximate surface area is 113 Å². The molecule has 0 aliphatic carbocycles. The van der Waals surface area contributed by atoms with Gasteiger partial charge in [0.15, 0.2) is 5.96 Å². The first-order valence-corrected chi connectivity index (χ1v) is 5.40. The number of benzene rings is 1. The van der Waals surface area contributed by atoms with Crippen molar-refractivity contribution in [3.8, 4) is 0 Å². The van der Waals surface area contributed by atoms with E-state index < -0.39 is 0 Å². The molecule has 0 fully saturated rings. The van der Waals surface area contributed by atoms with Gasteiger partial charge in [-0.15, -0.1) is 17.0 Å². The van der Waals surface area contributed by atoms with E-state index in [0.29, 0.717) is 18.1 Å². The van der Waals surface area contributed by atoms with Gasteiger partial charge < -0.3 is 11.1 Å². The van der Waals surface area contributed by atoms with Crippen molar-refractivity contribution in [2.24, 2.45) is 10.7 Å². The molecule has 1 aromatic rings. The van der Waals surface area contributed by atoms with Crippen molar-refractivity contribution < 1.29 is 4.39 Å². The molecule has 90 valence electrons. The molecule has 0 heterocycles. The van der Waals surface area contributed by atoms with Crippen LogP contribution in [-0.4, -0.2) is 12.5 Å². The maximum absolute atomic E-state index is 13.3. The highest BCUT2D eigenvalue weighted by atomic mass is 79.9. The molecule has 3 N–H and O–H groups in total. The number of rotatable bonds is 3. The van der Waals surface area contributed by atoms with E-state index in [9.17, 15) is 4.39 Å². The Kier molecular flexibility index (Phi) is 7.33. The number of aliphatic imine (C=N–C) groups is 1. The maximum atomic E-state index is 13.3. The van der Waals surface area contributed by atoms with Gasteiger partial charge in [0, 0.05) is 16.6 Å². The van der Waals surface area contributed by atoms with Crippen LogP contribution >= 0.6 is 32.9 Å². The predicted molar refractivity (Wildman–Crippen MR) is 73.4 cm³/mol. The zero-order valence-electron chi connectivity index (χ0n) is 8.84. The van der Waals surface area contributed by atoms with Crippen LogP contribution in [0.2, 0.25) is 0 Å². The average molecular weight is 355 g/mol. The van der Waals surface area contributed by atoms with Crippen LogP contribution in [0.5, 0.6) is 0 Å². The summed E-state index contributed by atoms with van der Waals surface area (Å²) in [5.74, 6) is 0.0584. The second-order valence-corrected chi connectivity index (χ2v) is 3.88. The molecule has 0 aliphatic heterocycles. The fourth-order valence-electron chi connectivity index (χ4n) is 1.07. The van der Waals surface area contributed by atoms with Crippen molar-refractivity contribution in [3.63, 3.8) is 0 Å². The van der Waals surface area contributed by atoms with E-state index in [0.717, 1.165) is 4.47 Å². The number of nitrogens with zero attached hydrogens (tertiary/aromatic N) is 1. The number of hydrogen-bond acceptors (Lipinski definition) is 1. The van der Waals surface area contributed by atoms with E-state index >= 15 is 0 Å². The summed E-state index contributed by atoms with van der Waals surface area (Å²) >= 11 is 3.27. The normalized spacial score (nSPS) is 10.8. The third-order valence-corrected chi connectivity index (χ3v) is 2.28. The Balaban J connectivity index is 0.00000225. The molecular formula is C10H14Br2FN3. The van der Waals surface area contributed by atoms with Crippen LogP contribution in [0.1, 0.15) is 12.5 Å². The third-order valence-electron chi connectivity index (χ3n) is 1.79. The van der Waals surface area contributed by atoms with Gasteiger partial charge in [0.25, 0.3) is 0 Å². The summed E-state index contributed by atoms with van der Waals surface area (Å²) in [5.41, 5.74) is 6.04. The Hall–Kier alpha value is -0.620. The zero-order valence-corrected chi connectivity index (χ0v) is 12.1. The second kappa shape index (κ2) is 7.62. The molecule has 3 nitrogen and oxygen atoms in total. The highest BCUT2D eigenvalue weighted by Gasteiger charge is 2.01. The van der Waals surface area contributed by atoms with Crippen molar-refractivity contribution in [1.29, 1.82) is 0 Å². The minimum atomic E-state index is -0.272. The van der Waals surface area contributed by atoms with Crippen LogP contribution < -0.4 is 11.1 Å². The molecule has 0 aromatic heterocycles. The van der Waals surface area contributed by atoms with Gasteiger partial charge in [-0.2, -0.15) is 0 Å². The number of hydrogen-bond donors (Lipinski definition) is 2. The lowest BCUT2D eigenvalue weighted by atomic mass is 10.2. The molecule has 0 saturated heterocycles. The fourth-order valence-corrected chi connectivity index (χ4v) is 1.48. The zero-order chi connectivity index (χ0) is 11.3. The van der Waals surface area contributed by atoms with Crippen LogP contribution in [-0.2, 0) is 6.54 Å². The van der Waals surface area contributed by atoms with E-state index in [1.54, 1.807) is 12.1 Å². The molecule has 0 amide bonds. The van der Waals surface area contributed by atoms with Gasteiger partial charge in [-0.3, -0.25) is 0 Å². The molecule has 16 heavy (non-hydrogen) atoms. The van der Waals surface area contributed by atoms with Gasteiger partial charge in [0.1, 0.15) is 5.82 Å². The summed E-state index contributed by atoms with van der Waals surface area (Å²) in [5, 5.41) is 2.84. The summed E-state index contributed by atoms with van der Waals surface area (Å²) in [4.78, 5) is 4.01. The highest BCUT2D eigenvalue weighted by molar-refractivity contribution is 9.10. The van der Waals surface area contributed by atoms with Gasteiger partial charge in [0.05, 0.1) is 6.54 Å². The smallest absolute Gasteiger partial charge is 0.188 e. The summed E-state index contributed by atoms with van der Waals surface area (Å²) in [6.07, 6.45) is 0. The van der Waals surface area contributed by atoms with E-state index in [1.165, 1.54) is 6.07 Å². The lowest BCUT2D eigenvalue weighted by Gasteiger charge is -2.03. The first-order chi connectivity index (χ1) is 7.13. The quantitative estimate of drug-likeness (QED) is 0.647. The van der Waals surface area contributed by atoms with Gasteiger partial charge in [-0.25, -0.2) is 9.38 Å². The van der Waals surface area contributed by atoms with Crippen LogP contribution in [0, 0.1) is 5.82 Å². The van der Waals surface area contributed by atoms with Gasteiger partial charge in [0.2, 0.25) is 0 Å². The van der Waals surface area contributed by atoms with E-state index in [-0.39, 0.29) is 29.3 Å². The highest BCUT2D eigenvalue weighted by Crippen LogP contribution is 2.16. The van der Waals surface area contributed by atoms with Crippen molar-refractivity contribution in [2.45, 2.75) is 13.5 Å². The molecule has 0 aliphatic rings. The summed E-state index contributed by atoms with van der Waals surface area (Å²) in [6.45, 7) is 2.86. The van der Waals surface area contributed by atoms with Crippen LogP contribution in [0.3, 0.4) is 0 Å². The monoisotopic (exact) mass is 353 g/mol. The van der Waals surface area contributed by atoms with Crippen LogP contribution in [0.4, 0.5) is 4.39 Å². The van der Waals surface area contributed by atoms with Crippen molar-refractivity contribution in [1.82, 2.24) is 5.32 Å². The Bertz CT molecular complexity index is 369. The van der Waals surface area contributed by atoms with Crippen LogP contribution in [0.25, 0.3) is 0 Å². The Morgan fingerprint density at radius 2 is 2.25 bits per heavy atom. The van der Waals surface area contributed by atoms with Crippen LogP contribution in [0.15, 0.2) is 27.7 Å². The first kappa shape index (κ1) is 15.4. The van der Waals surface area contributed by atoms with E-state index in [4.69, 9.17) is 5.73 Å². The number of halogens is 3. The number of nitrogens with one attached hydrogen (secondary N) is 1. The van der Waals surface area contributed by atoms with E-state index in [1.807, 2.05) is 6.92 Å². The number of guanidine groups is 1. The van der Waals surface area contributed by atoms with Gasteiger partial charge >= 0.3 is 0 Å². The lowest BCUT2D eigenvalue weighted by molar-refractivity contribution is 0.610. The third kappa shape index (κ3) is 4.94. The molecule has 0 radical (unpaired) electrons. The standard InChI is InChI=1S/C10H13BrFN3.BrH/c1-2-14-10(13)15-6-7-5-8(11)3-4-9(7)12;/h3-5H,2,6H2,1H3,(H3,13,14,15);1H. The molecule has 6 heteroatoms. The van der Waals surface area contributed by atoms with Crippen molar-refractivity contribution in [2.75, 3.05) is 6.54 Å². The molecule has 0 atom stereocenters. The molecule has 1 aromatic carbocycles. The number of nitrogens with two attached hydrogens (primary N) is 1. The molecule has 0 spiro atoms. The summed E-state index contributed by atoms with van der Waals surface area (Å²) < 4.78 is 14.1. The maximum Gasteiger partial charge on any atom is 0.188 e. The predicted octanol–water partition coefficient (Wildman–Crippen LogP) is 2.59. The van der Waals surface area contributed by atoms with Crippen molar-refractivity contribution in [3.05, 3.63) is 34.1 Å². The SMILES string of the molecule is Br.CCNC(N)=NCc1cc(Br)ccc1F. The minimum Gasteiger partial charge on any atom is -0.370 e. The molecule has 0 unspecified atom stereocenters. The minimum absolute atomic E-state index is 0. The molecule has 1 rings (SSSR count). The largest absolute Gasteiger partial charge is 0.370 e. The van der Waals surface area contributed by atoms with Gasteiger partial charge in [-0.05, 0) is 25.1 Å². The van der Waals surface area contributed by atoms with E-state index in [2.05, 4.69) is 26.2 Å². The molecule has 0 saturated carbocycles. The Morgan fingerprint density at radius 3 is 2.88 bits per heavy atom. The summed E-state index contributed by atoms with van der Waals surface area (Å²) in [7, 11) is 0. The second-order valence-electron chi connectivity index (χ2n) is 2.97. The fraction of sp³-hybridized carbons (Fsp3) is 0.300. The van der Waals surface area contributed by atoms with Crippen molar-refractivity contribution >= 4 is 38.9 Å². The molecular weight excluding hydrogens is 341 g/mol. The topological polar surface area (TPSA) is 50.4 Å².